The van der Waals surface area contributed by atoms with E-state index in [1.54, 1.807) is 32.2 Å². The summed E-state index contributed by atoms with van der Waals surface area (Å²) >= 11 is 0. The maximum atomic E-state index is 12.1. The number of ketones is 1. The summed E-state index contributed by atoms with van der Waals surface area (Å²) in [6.45, 7) is 3.52. The number of anilines is 1. The largest absolute Gasteiger partial charge is 0.497 e. The molecule has 1 N–H and O–H groups in total. The average Bonchev–Trinajstić information content (AvgIpc) is 2.46. The van der Waals surface area contributed by atoms with Crippen LogP contribution in [0.1, 0.15) is 26.7 Å². The molecule has 0 radical (unpaired) electrons. The van der Waals surface area contributed by atoms with E-state index in [2.05, 4.69) is 5.32 Å². The third-order valence-electron chi connectivity index (χ3n) is 3.04. The standard InChI is InChI=1S/C15H21NO4/c1-5-6-13(17)10(2)15(18)16-12-9-11(19-3)7-8-14(12)20-4/h7-10H,5-6H2,1-4H3,(H,16,18). The van der Waals surface area contributed by atoms with E-state index in [1.165, 1.54) is 7.11 Å². The molecule has 0 aliphatic heterocycles. The van der Waals surface area contributed by atoms with Crippen LogP contribution in [0.25, 0.3) is 0 Å². The van der Waals surface area contributed by atoms with Gasteiger partial charge in [-0.1, -0.05) is 6.92 Å². The van der Waals surface area contributed by atoms with Crippen LogP contribution in [0.4, 0.5) is 5.69 Å². The Morgan fingerprint density at radius 1 is 1.25 bits per heavy atom. The quantitative estimate of drug-likeness (QED) is 0.779. The summed E-state index contributed by atoms with van der Waals surface area (Å²) in [4.78, 5) is 23.8. The first-order chi connectivity index (χ1) is 9.53. The molecule has 0 aliphatic rings. The van der Waals surface area contributed by atoms with Crippen LogP contribution in [0.15, 0.2) is 18.2 Å². The number of nitrogens with one attached hydrogen (secondary N) is 1. The lowest BCUT2D eigenvalue weighted by Crippen LogP contribution is -2.27. The van der Waals surface area contributed by atoms with Crippen LogP contribution >= 0.6 is 0 Å². The zero-order valence-electron chi connectivity index (χ0n) is 12.4. The molecule has 5 heteroatoms. The Hall–Kier alpha value is -2.04. The lowest BCUT2D eigenvalue weighted by molar-refractivity contribution is -0.130. The highest BCUT2D eigenvalue weighted by Crippen LogP contribution is 2.29. The minimum absolute atomic E-state index is 0.0631. The average molecular weight is 279 g/mol. The Kier molecular flexibility index (Phi) is 6.03. The second kappa shape index (κ2) is 7.53. The smallest absolute Gasteiger partial charge is 0.234 e. The van der Waals surface area contributed by atoms with Gasteiger partial charge in [0.05, 0.1) is 25.8 Å². The van der Waals surface area contributed by atoms with Gasteiger partial charge in [0.1, 0.15) is 17.3 Å². The number of carbonyl (C=O) groups is 2. The number of hydrogen-bond acceptors (Lipinski definition) is 4. The SMILES string of the molecule is CCCC(=O)C(C)C(=O)Nc1cc(OC)ccc1OC. The van der Waals surface area contributed by atoms with Gasteiger partial charge in [0.25, 0.3) is 0 Å². The lowest BCUT2D eigenvalue weighted by Gasteiger charge is -2.14. The van der Waals surface area contributed by atoms with E-state index < -0.39 is 5.92 Å². The van der Waals surface area contributed by atoms with E-state index in [9.17, 15) is 9.59 Å². The molecule has 0 saturated heterocycles. The van der Waals surface area contributed by atoms with Crippen LogP contribution in [0, 0.1) is 5.92 Å². The van der Waals surface area contributed by atoms with Crippen molar-refractivity contribution in [3.05, 3.63) is 18.2 Å². The number of carbonyl (C=O) groups excluding carboxylic acids is 2. The summed E-state index contributed by atoms with van der Waals surface area (Å²) < 4.78 is 10.3. The monoisotopic (exact) mass is 279 g/mol. The fourth-order valence-corrected chi connectivity index (χ4v) is 1.76. The summed E-state index contributed by atoms with van der Waals surface area (Å²) in [5.41, 5.74) is 0.494. The first-order valence-corrected chi connectivity index (χ1v) is 6.59. The molecule has 0 bridgehead atoms. The maximum absolute atomic E-state index is 12.1. The molecule has 1 aromatic carbocycles. The number of amides is 1. The van der Waals surface area contributed by atoms with Crippen molar-refractivity contribution in [3.63, 3.8) is 0 Å². The summed E-state index contributed by atoms with van der Waals surface area (Å²) in [6, 6.07) is 5.10. The number of methoxy groups -OCH3 is 2. The molecule has 1 aromatic rings. The van der Waals surface area contributed by atoms with Crippen molar-refractivity contribution < 1.29 is 19.1 Å². The van der Waals surface area contributed by atoms with Gasteiger partial charge in [0.2, 0.25) is 5.91 Å². The van der Waals surface area contributed by atoms with Gasteiger partial charge in [-0.25, -0.2) is 0 Å². The third kappa shape index (κ3) is 3.98. The first kappa shape index (κ1) is 16.0. The summed E-state index contributed by atoms with van der Waals surface area (Å²) in [5, 5.41) is 2.71. The molecular weight excluding hydrogens is 258 g/mol. The van der Waals surface area contributed by atoms with Crippen molar-refractivity contribution in [2.75, 3.05) is 19.5 Å². The van der Waals surface area contributed by atoms with E-state index in [-0.39, 0.29) is 11.7 Å². The lowest BCUT2D eigenvalue weighted by atomic mass is 10.0. The molecule has 0 spiro atoms. The van der Waals surface area contributed by atoms with Crippen LogP contribution in [0.2, 0.25) is 0 Å². The van der Waals surface area contributed by atoms with E-state index in [0.717, 1.165) is 6.42 Å². The van der Waals surface area contributed by atoms with Gasteiger partial charge in [-0.15, -0.1) is 0 Å². The Labute approximate surface area is 119 Å². The summed E-state index contributed by atoms with van der Waals surface area (Å²) in [5.74, 6) is 0.0515. The Bertz CT molecular complexity index is 485. The molecule has 20 heavy (non-hydrogen) atoms. The number of rotatable bonds is 7. The van der Waals surface area contributed by atoms with Crippen molar-refractivity contribution in [1.82, 2.24) is 0 Å². The summed E-state index contributed by atoms with van der Waals surface area (Å²) in [7, 11) is 3.06. The molecule has 1 unspecified atom stereocenters. The molecule has 1 rings (SSSR count). The van der Waals surface area contributed by atoms with Gasteiger partial charge >= 0.3 is 0 Å². The highest BCUT2D eigenvalue weighted by atomic mass is 16.5. The van der Waals surface area contributed by atoms with Gasteiger partial charge in [0, 0.05) is 12.5 Å². The van der Waals surface area contributed by atoms with E-state index >= 15 is 0 Å². The van der Waals surface area contributed by atoms with Gasteiger partial charge in [-0.05, 0) is 25.5 Å². The normalized spacial score (nSPS) is 11.6. The van der Waals surface area contributed by atoms with Gasteiger partial charge < -0.3 is 14.8 Å². The topological polar surface area (TPSA) is 64.6 Å². The molecule has 1 atom stereocenters. The van der Waals surface area contributed by atoms with Crippen LogP contribution in [-0.4, -0.2) is 25.9 Å². The number of hydrogen-bond donors (Lipinski definition) is 1. The fraction of sp³-hybridized carbons (Fsp3) is 0.467. The molecule has 1 amide bonds. The number of benzene rings is 1. The minimum atomic E-state index is -0.675. The van der Waals surface area contributed by atoms with Crippen LogP contribution in [0.3, 0.4) is 0 Å². The Balaban J connectivity index is 2.86. The van der Waals surface area contributed by atoms with Crippen molar-refractivity contribution in [2.24, 2.45) is 5.92 Å². The second-order valence-corrected chi connectivity index (χ2v) is 4.49. The molecule has 0 aromatic heterocycles. The van der Waals surface area contributed by atoms with E-state index in [1.807, 2.05) is 6.92 Å². The first-order valence-electron chi connectivity index (χ1n) is 6.59. The van der Waals surface area contributed by atoms with Crippen LogP contribution in [-0.2, 0) is 9.59 Å². The predicted molar refractivity (Wildman–Crippen MR) is 77.3 cm³/mol. The van der Waals surface area contributed by atoms with Crippen molar-refractivity contribution >= 4 is 17.4 Å². The maximum Gasteiger partial charge on any atom is 0.234 e. The molecular formula is C15H21NO4. The van der Waals surface area contributed by atoms with Gasteiger partial charge in [-0.2, -0.15) is 0 Å². The van der Waals surface area contributed by atoms with Crippen molar-refractivity contribution in [2.45, 2.75) is 26.7 Å². The zero-order chi connectivity index (χ0) is 15.1. The third-order valence-corrected chi connectivity index (χ3v) is 3.04. The molecule has 5 nitrogen and oxygen atoms in total. The Morgan fingerprint density at radius 2 is 1.95 bits per heavy atom. The Morgan fingerprint density at radius 3 is 2.50 bits per heavy atom. The highest BCUT2D eigenvalue weighted by molar-refractivity contribution is 6.07. The highest BCUT2D eigenvalue weighted by Gasteiger charge is 2.21. The van der Waals surface area contributed by atoms with Crippen LogP contribution in [0.5, 0.6) is 11.5 Å². The number of ether oxygens (including phenoxy) is 2. The predicted octanol–water partition coefficient (Wildman–Crippen LogP) is 2.65. The van der Waals surface area contributed by atoms with E-state index in [4.69, 9.17) is 9.47 Å². The zero-order valence-corrected chi connectivity index (χ0v) is 12.4. The van der Waals surface area contributed by atoms with Gasteiger partial charge in [0.15, 0.2) is 0 Å². The molecule has 110 valence electrons. The molecule has 0 saturated carbocycles. The molecule has 0 aliphatic carbocycles. The van der Waals surface area contributed by atoms with Gasteiger partial charge in [-0.3, -0.25) is 9.59 Å². The fourth-order valence-electron chi connectivity index (χ4n) is 1.76. The number of Topliss-reactive ketones (excluding diaryl/α,β-unsaturated/α-hetero) is 1. The van der Waals surface area contributed by atoms with E-state index in [0.29, 0.717) is 23.6 Å². The van der Waals surface area contributed by atoms with Crippen LogP contribution < -0.4 is 14.8 Å². The summed E-state index contributed by atoms with van der Waals surface area (Å²) in [6.07, 6.45) is 1.14. The molecule has 0 fully saturated rings. The minimum Gasteiger partial charge on any atom is -0.497 e. The van der Waals surface area contributed by atoms with Crippen molar-refractivity contribution in [1.29, 1.82) is 0 Å². The second-order valence-electron chi connectivity index (χ2n) is 4.49. The molecule has 0 heterocycles. The van der Waals surface area contributed by atoms with Crippen molar-refractivity contribution in [3.8, 4) is 11.5 Å².